The van der Waals surface area contributed by atoms with Crippen LogP contribution in [0.5, 0.6) is 0 Å². The van der Waals surface area contributed by atoms with Gasteiger partial charge in [0.15, 0.2) is 0 Å². The first-order valence-electron chi connectivity index (χ1n) is 14.6. The lowest BCUT2D eigenvalue weighted by molar-refractivity contribution is 0.233. The minimum atomic E-state index is 0.850. The smallest absolute Gasteiger partial charge is 0.0393 e. The van der Waals surface area contributed by atoms with E-state index in [1.165, 1.54) is 56.9 Å². The molecule has 0 aromatic carbocycles. The highest BCUT2D eigenvalue weighted by molar-refractivity contribution is 5.20. The summed E-state index contributed by atoms with van der Waals surface area (Å²) in [6, 6.07) is 22.4. The van der Waals surface area contributed by atoms with E-state index in [0.717, 1.165) is 65.4 Å². The highest BCUT2D eigenvalue weighted by Gasteiger charge is 2.17. The first-order valence-corrected chi connectivity index (χ1v) is 14.6. The van der Waals surface area contributed by atoms with E-state index in [4.69, 9.17) is 0 Å². The van der Waals surface area contributed by atoms with E-state index in [1.54, 1.807) is 0 Å². The maximum absolute atomic E-state index is 3.76. The predicted octanol–water partition coefficient (Wildman–Crippen LogP) is 4.62. The summed E-state index contributed by atoms with van der Waals surface area (Å²) in [5.74, 6) is 0. The first-order chi connectivity index (χ1) is 20.0. The topological polar surface area (TPSA) is 91.9 Å². The Morgan fingerprint density at radius 1 is 0.317 bits per heavy atom. The highest BCUT2D eigenvalue weighted by Crippen LogP contribution is 2.20. The lowest BCUT2D eigenvalue weighted by atomic mass is 10.3. The fourth-order valence-corrected chi connectivity index (χ4v) is 6.43. The van der Waals surface area contributed by atoms with Gasteiger partial charge in [-0.25, -0.2) is 0 Å². The average Bonchev–Trinajstić information content (AvgIpc) is 3.74. The molecule has 0 radical (unpaired) electrons. The summed E-state index contributed by atoms with van der Waals surface area (Å²) < 4.78 is 0. The van der Waals surface area contributed by atoms with E-state index in [9.17, 15) is 0 Å². The molecule has 0 spiro atoms. The first kappa shape index (κ1) is 26.2. The molecule has 0 saturated carbocycles. The maximum atomic E-state index is 3.76. The number of nitrogens with zero attached hydrogens (tertiary/aromatic N) is 4. The van der Waals surface area contributed by atoms with Gasteiger partial charge in [0, 0.05) is 122 Å². The van der Waals surface area contributed by atoms with Gasteiger partial charge in [-0.3, -0.25) is 19.6 Å². The second kappa shape index (κ2) is 11.3. The highest BCUT2D eigenvalue weighted by atomic mass is 15.2. The van der Waals surface area contributed by atoms with Gasteiger partial charge in [0.25, 0.3) is 0 Å². The molecule has 7 heterocycles. The summed E-state index contributed by atoms with van der Waals surface area (Å²) in [6.07, 6.45) is 0. The molecule has 0 amide bonds. The Morgan fingerprint density at radius 3 is 0.683 bits per heavy atom. The second-order valence-electron chi connectivity index (χ2n) is 12.2. The van der Waals surface area contributed by atoms with E-state index < -0.39 is 0 Å². The van der Waals surface area contributed by atoms with Crippen LogP contribution in [0.4, 0.5) is 0 Å². The SMILES string of the molecule is CN1Cc2ccc([nH]2)CN2Cc3ccc([nH]3)CN(C)Cc3ccc([nH]3)CN(Cc3ccc([nH]3)C1)Cc1ccc([nH]1)C2. The van der Waals surface area contributed by atoms with E-state index >= 15 is 0 Å². The van der Waals surface area contributed by atoms with Crippen molar-refractivity contribution in [1.82, 2.24) is 44.5 Å². The second-order valence-corrected chi connectivity index (χ2v) is 12.2. The number of aromatic nitrogens is 5. The molecule has 9 heteroatoms. The summed E-state index contributed by atoms with van der Waals surface area (Å²) in [4.78, 5) is 28.3. The fraction of sp³-hybridized carbons (Fsp3) is 0.375. The van der Waals surface area contributed by atoms with Crippen molar-refractivity contribution in [2.75, 3.05) is 14.1 Å². The molecular weight excluding hydrogens is 510 g/mol. The van der Waals surface area contributed by atoms with Gasteiger partial charge in [0.05, 0.1) is 0 Å². The van der Waals surface area contributed by atoms with Gasteiger partial charge in [-0.2, -0.15) is 0 Å². The van der Waals surface area contributed by atoms with Crippen molar-refractivity contribution in [2.45, 2.75) is 65.4 Å². The van der Waals surface area contributed by atoms with Crippen molar-refractivity contribution in [3.8, 4) is 0 Å². The van der Waals surface area contributed by atoms with E-state index in [1.807, 2.05) is 0 Å². The molecule has 9 nitrogen and oxygen atoms in total. The molecule has 0 aliphatic carbocycles. The van der Waals surface area contributed by atoms with Crippen LogP contribution in [0.3, 0.4) is 0 Å². The van der Waals surface area contributed by atoms with E-state index in [2.05, 4.69) is 119 Å². The number of hydrogen-bond donors (Lipinski definition) is 5. The number of rotatable bonds is 0. The fourth-order valence-electron chi connectivity index (χ4n) is 6.43. The van der Waals surface area contributed by atoms with Gasteiger partial charge >= 0.3 is 0 Å². The molecule has 0 atom stereocenters. The Labute approximate surface area is 241 Å². The lowest BCUT2D eigenvalue weighted by Crippen LogP contribution is -2.25. The van der Waals surface area contributed by atoms with Crippen LogP contribution in [-0.2, 0) is 65.4 Å². The Kier molecular flexibility index (Phi) is 7.18. The normalized spacial score (nSPS) is 21.2. The monoisotopic (exact) mass is 551 g/mol. The molecule has 12 bridgehead atoms. The number of hydrogen-bond acceptors (Lipinski definition) is 4. The summed E-state index contributed by atoms with van der Waals surface area (Å²) in [5.41, 5.74) is 12.4. The van der Waals surface area contributed by atoms with Crippen molar-refractivity contribution < 1.29 is 0 Å². The molecule has 2 aliphatic rings. The number of nitrogens with one attached hydrogen (secondary N) is 5. The van der Waals surface area contributed by atoms with Crippen LogP contribution < -0.4 is 0 Å². The molecule has 214 valence electrons. The summed E-state index contributed by atoms with van der Waals surface area (Å²) in [6.45, 7) is 8.63. The van der Waals surface area contributed by atoms with Crippen molar-refractivity contribution in [3.05, 3.63) is 118 Å². The van der Waals surface area contributed by atoms with Crippen LogP contribution in [0.2, 0.25) is 0 Å². The molecule has 41 heavy (non-hydrogen) atoms. The minimum absolute atomic E-state index is 0.850. The third-order valence-corrected chi connectivity index (χ3v) is 8.16. The van der Waals surface area contributed by atoms with Crippen molar-refractivity contribution in [2.24, 2.45) is 0 Å². The van der Waals surface area contributed by atoms with Crippen LogP contribution in [-0.4, -0.2) is 58.6 Å². The largest absolute Gasteiger partial charge is 0.360 e. The van der Waals surface area contributed by atoms with Crippen molar-refractivity contribution >= 4 is 0 Å². The summed E-state index contributed by atoms with van der Waals surface area (Å²) >= 11 is 0. The molecule has 0 unspecified atom stereocenters. The molecule has 0 saturated heterocycles. The van der Waals surface area contributed by atoms with Crippen LogP contribution in [0.15, 0.2) is 60.7 Å². The molecule has 2 aliphatic heterocycles. The minimum Gasteiger partial charge on any atom is -0.360 e. The Bertz CT molecular complexity index is 1370. The van der Waals surface area contributed by atoms with Crippen LogP contribution in [0, 0.1) is 0 Å². The zero-order valence-electron chi connectivity index (χ0n) is 24.1. The molecular formula is C32H41N9. The Balaban J connectivity index is 1.26. The van der Waals surface area contributed by atoms with Crippen LogP contribution in [0.25, 0.3) is 0 Å². The Morgan fingerprint density at radius 2 is 0.488 bits per heavy atom. The van der Waals surface area contributed by atoms with Crippen molar-refractivity contribution in [3.63, 3.8) is 0 Å². The number of H-pyrrole nitrogens is 5. The van der Waals surface area contributed by atoms with Gasteiger partial charge in [0.1, 0.15) is 0 Å². The summed E-state index contributed by atoms with van der Waals surface area (Å²) in [5, 5.41) is 0. The van der Waals surface area contributed by atoms with E-state index in [-0.39, 0.29) is 0 Å². The average molecular weight is 552 g/mol. The third-order valence-electron chi connectivity index (χ3n) is 8.16. The quantitative estimate of drug-likeness (QED) is 0.194. The molecule has 7 rings (SSSR count). The van der Waals surface area contributed by atoms with Gasteiger partial charge < -0.3 is 24.9 Å². The van der Waals surface area contributed by atoms with Gasteiger partial charge in [0.2, 0.25) is 0 Å². The van der Waals surface area contributed by atoms with Crippen molar-refractivity contribution in [1.29, 1.82) is 0 Å². The maximum Gasteiger partial charge on any atom is 0.0393 e. The predicted molar refractivity (Wildman–Crippen MR) is 160 cm³/mol. The van der Waals surface area contributed by atoms with Crippen LogP contribution in [0.1, 0.15) is 56.9 Å². The van der Waals surface area contributed by atoms with Gasteiger partial charge in [-0.05, 0) is 74.8 Å². The van der Waals surface area contributed by atoms with Gasteiger partial charge in [-0.1, -0.05) is 0 Å². The zero-order valence-corrected chi connectivity index (χ0v) is 24.1. The van der Waals surface area contributed by atoms with Crippen LogP contribution >= 0.6 is 0 Å². The van der Waals surface area contributed by atoms with E-state index in [0.29, 0.717) is 0 Å². The number of aromatic amines is 5. The third kappa shape index (κ3) is 6.44. The molecule has 0 fully saturated rings. The molecule has 5 aromatic rings. The summed E-state index contributed by atoms with van der Waals surface area (Å²) in [7, 11) is 4.38. The zero-order chi connectivity index (χ0) is 27.8. The molecule has 5 N–H and O–H groups in total. The Hall–Kier alpha value is -3.76. The van der Waals surface area contributed by atoms with Gasteiger partial charge in [-0.15, -0.1) is 0 Å². The lowest BCUT2D eigenvalue weighted by Gasteiger charge is -2.22. The standard InChI is InChI=1S/C32H41N9/c1-38-13-23-3-7-27(33-23)17-40-19-29-9-5-25(35-29)15-39(2)16-26-6-10-30(36-26)20-41(18-28-8-4-24(14-38)34-28)22-32-12-11-31(21-40)37-32/h3-12,33-37H,13-22H2,1-2H3. The molecule has 5 aromatic heterocycles. The number of fused-ring (bicyclic) bond motifs is 10.